The zero-order valence-electron chi connectivity index (χ0n) is 14.5. The topological polar surface area (TPSA) is 55.2 Å². The summed E-state index contributed by atoms with van der Waals surface area (Å²) in [5.74, 6) is 0.567. The maximum absolute atomic E-state index is 12.6. The average Bonchev–Trinajstić information content (AvgIpc) is 3.23. The molecule has 0 bridgehead atoms. The minimum Gasteiger partial charge on any atom is -0.338 e. The summed E-state index contributed by atoms with van der Waals surface area (Å²) < 4.78 is 1.65. The molecule has 4 rings (SSSR count). The first-order chi connectivity index (χ1) is 12.1. The second kappa shape index (κ2) is 6.75. The van der Waals surface area contributed by atoms with Gasteiger partial charge in [0, 0.05) is 25.7 Å². The Balaban J connectivity index is 1.39. The Bertz CT molecular complexity index is 847. The Hall–Kier alpha value is -1.95. The molecule has 5 nitrogen and oxygen atoms in total. The molecule has 0 N–H and O–H groups in total. The van der Waals surface area contributed by atoms with Gasteiger partial charge in [0.1, 0.15) is 0 Å². The van der Waals surface area contributed by atoms with Crippen LogP contribution in [0.2, 0.25) is 0 Å². The van der Waals surface area contributed by atoms with Crippen molar-refractivity contribution in [2.45, 2.75) is 45.6 Å². The third-order valence-corrected chi connectivity index (χ3v) is 6.42. The van der Waals surface area contributed by atoms with E-state index in [2.05, 4.69) is 5.10 Å². The van der Waals surface area contributed by atoms with Crippen LogP contribution in [0.25, 0.3) is 0 Å². The number of piperidine rings is 1. The van der Waals surface area contributed by atoms with Crippen LogP contribution in [-0.2, 0) is 19.4 Å². The Labute approximate surface area is 151 Å². The molecule has 2 aromatic heterocycles. The predicted octanol–water partition coefficient (Wildman–Crippen LogP) is 2.65. The van der Waals surface area contributed by atoms with Gasteiger partial charge in [0.25, 0.3) is 11.5 Å². The van der Waals surface area contributed by atoms with Crippen molar-refractivity contribution in [3.63, 3.8) is 0 Å². The van der Waals surface area contributed by atoms with Crippen molar-refractivity contribution >= 4 is 17.2 Å². The summed E-state index contributed by atoms with van der Waals surface area (Å²) >= 11 is 1.52. The van der Waals surface area contributed by atoms with Gasteiger partial charge in [-0.3, -0.25) is 9.59 Å². The summed E-state index contributed by atoms with van der Waals surface area (Å²) in [5, 5.41) is 6.55. The lowest BCUT2D eigenvalue weighted by Crippen LogP contribution is -2.40. The molecule has 0 aromatic carbocycles. The van der Waals surface area contributed by atoms with Crippen molar-refractivity contribution in [2.75, 3.05) is 13.1 Å². The second-order valence-electron chi connectivity index (χ2n) is 7.16. The van der Waals surface area contributed by atoms with Gasteiger partial charge in [-0.2, -0.15) is 5.10 Å². The summed E-state index contributed by atoms with van der Waals surface area (Å²) in [6.07, 6.45) is 4.95. The van der Waals surface area contributed by atoms with Crippen LogP contribution in [0.3, 0.4) is 0 Å². The Morgan fingerprint density at radius 1 is 1.32 bits per heavy atom. The quantitative estimate of drug-likeness (QED) is 0.849. The Morgan fingerprint density at radius 2 is 2.12 bits per heavy atom. The van der Waals surface area contributed by atoms with Crippen LogP contribution in [0.15, 0.2) is 22.3 Å². The molecule has 132 valence electrons. The molecule has 2 aromatic rings. The van der Waals surface area contributed by atoms with Crippen LogP contribution in [0.4, 0.5) is 0 Å². The standard InChI is InChI=1S/C19H23N3O2S/c1-13-7-10-25-18(13)19(24)21-8-5-14(6-9-21)12-22-17(23)11-15-3-2-4-16(15)20-22/h7,10-11,14H,2-6,8-9,12H2,1H3. The maximum atomic E-state index is 12.6. The molecule has 1 saturated heterocycles. The van der Waals surface area contributed by atoms with E-state index in [-0.39, 0.29) is 11.5 Å². The number of hydrogen-bond donors (Lipinski definition) is 0. The maximum Gasteiger partial charge on any atom is 0.267 e. The zero-order valence-corrected chi connectivity index (χ0v) is 15.3. The van der Waals surface area contributed by atoms with Crippen molar-refractivity contribution in [3.05, 3.63) is 49.6 Å². The Morgan fingerprint density at radius 3 is 2.84 bits per heavy atom. The van der Waals surface area contributed by atoms with Gasteiger partial charge in [-0.25, -0.2) is 4.68 Å². The van der Waals surface area contributed by atoms with Crippen LogP contribution in [0.1, 0.15) is 45.8 Å². The van der Waals surface area contributed by atoms with Gasteiger partial charge in [-0.05, 0) is 67.5 Å². The molecule has 0 radical (unpaired) electrons. The molecule has 1 aliphatic heterocycles. The van der Waals surface area contributed by atoms with Gasteiger partial charge in [0.05, 0.1) is 10.6 Å². The summed E-state index contributed by atoms with van der Waals surface area (Å²) in [5.41, 5.74) is 3.31. The van der Waals surface area contributed by atoms with Gasteiger partial charge in [-0.15, -0.1) is 11.3 Å². The fraction of sp³-hybridized carbons (Fsp3) is 0.526. The van der Waals surface area contributed by atoms with E-state index in [0.717, 1.165) is 66.9 Å². The van der Waals surface area contributed by atoms with Gasteiger partial charge in [-0.1, -0.05) is 0 Å². The average molecular weight is 357 g/mol. The highest BCUT2D eigenvalue weighted by Gasteiger charge is 2.26. The molecule has 0 atom stereocenters. The number of aromatic nitrogens is 2. The smallest absolute Gasteiger partial charge is 0.267 e. The molecule has 25 heavy (non-hydrogen) atoms. The van der Waals surface area contributed by atoms with Crippen LogP contribution >= 0.6 is 11.3 Å². The summed E-state index contributed by atoms with van der Waals surface area (Å²) in [6.45, 7) is 4.19. The van der Waals surface area contributed by atoms with E-state index in [0.29, 0.717) is 12.5 Å². The number of rotatable bonds is 3. The minimum atomic E-state index is 0.0216. The number of nitrogens with zero attached hydrogens (tertiary/aromatic N) is 3. The van der Waals surface area contributed by atoms with Crippen molar-refractivity contribution in [2.24, 2.45) is 5.92 Å². The monoisotopic (exact) mass is 357 g/mol. The number of aryl methyl sites for hydroxylation is 3. The van der Waals surface area contributed by atoms with E-state index in [1.165, 1.54) is 11.3 Å². The minimum absolute atomic E-state index is 0.0216. The normalized spacial score (nSPS) is 17.7. The van der Waals surface area contributed by atoms with E-state index >= 15 is 0 Å². The lowest BCUT2D eigenvalue weighted by Gasteiger charge is -2.32. The molecule has 3 heterocycles. The van der Waals surface area contributed by atoms with Crippen molar-refractivity contribution in [1.29, 1.82) is 0 Å². The highest BCUT2D eigenvalue weighted by atomic mass is 32.1. The van der Waals surface area contributed by atoms with Gasteiger partial charge in [0.15, 0.2) is 0 Å². The molecule has 6 heteroatoms. The molecule has 0 unspecified atom stereocenters. The van der Waals surface area contributed by atoms with E-state index in [1.807, 2.05) is 23.3 Å². The molecule has 1 fully saturated rings. The molecule has 0 saturated carbocycles. The number of carbonyl (C=O) groups is 1. The number of thiophene rings is 1. The summed E-state index contributed by atoms with van der Waals surface area (Å²) in [4.78, 5) is 27.7. The first-order valence-electron chi connectivity index (χ1n) is 9.05. The molecular formula is C19H23N3O2S. The lowest BCUT2D eigenvalue weighted by molar-refractivity contribution is 0.0684. The van der Waals surface area contributed by atoms with Gasteiger partial charge >= 0.3 is 0 Å². The third kappa shape index (κ3) is 3.27. The van der Waals surface area contributed by atoms with Gasteiger partial charge in [0.2, 0.25) is 0 Å². The van der Waals surface area contributed by atoms with Crippen molar-refractivity contribution in [1.82, 2.24) is 14.7 Å². The number of fused-ring (bicyclic) bond motifs is 1. The van der Waals surface area contributed by atoms with Crippen LogP contribution in [0.5, 0.6) is 0 Å². The highest BCUT2D eigenvalue weighted by Crippen LogP contribution is 2.24. The molecule has 1 amide bonds. The van der Waals surface area contributed by atoms with Gasteiger partial charge < -0.3 is 4.90 Å². The fourth-order valence-corrected chi connectivity index (χ4v) is 4.76. The van der Waals surface area contributed by atoms with Crippen LogP contribution in [0, 0.1) is 12.8 Å². The van der Waals surface area contributed by atoms with E-state index in [1.54, 1.807) is 10.7 Å². The van der Waals surface area contributed by atoms with Crippen molar-refractivity contribution < 1.29 is 4.79 Å². The number of likely N-dealkylation sites (tertiary alicyclic amines) is 1. The van der Waals surface area contributed by atoms with E-state index in [9.17, 15) is 9.59 Å². The number of hydrogen-bond acceptors (Lipinski definition) is 4. The third-order valence-electron chi connectivity index (χ3n) is 5.41. The Kier molecular flexibility index (Phi) is 4.46. The van der Waals surface area contributed by atoms with E-state index in [4.69, 9.17) is 0 Å². The molecule has 2 aliphatic rings. The summed E-state index contributed by atoms with van der Waals surface area (Å²) in [6, 6.07) is 3.77. The molecule has 1 aliphatic carbocycles. The number of amides is 1. The first-order valence-corrected chi connectivity index (χ1v) is 9.93. The number of carbonyl (C=O) groups excluding carboxylic acids is 1. The zero-order chi connectivity index (χ0) is 17.4. The first kappa shape index (κ1) is 16.5. The predicted molar refractivity (Wildman–Crippen MR) is 98.2 cm³/mol. The second-order valence-corrected chi connectivity index (χ2v) is 8.07. The lowest BCUT2D eigenvalue weighted by atomic mass is 9.96. The van der Waals surface area contributed by atoms with Crippen molar-refractivity contribution in [3.8, 4) is 0 Å². The highest BCUT2D eigenvalue weighted by molar-refractivity contribution is 7.12. The molecule has 0 spiro atoms. The fourth-order valence-electron chi connectivity index (χ4n) is 3.87. The molecular weight excluding hydrogens is 334 g/mol. The summed E-state index contributed by atoms with van der Waals surface area (Å²) in [7, 11) is 0. The largest absolute Gasteiger partial charge is 0.338 e. The van der Waals surface area contributed by atoms with E-state index < -0.39 is 0 Å². The van der Waals surface area contributed by atoms with Crippen LogP contribution < -0.4 is 5.56 Å². The van der Waals surface area contributed by atoms with Crippen LogP contribution in [-0.4, -0.2) is 33.7 Å². The SMILES string of the molecule is Cc1ccsc1C(=O)N1CCC(Cn2nc3c(cc2=O)CCC3)CC1.